The zero-order valence-corrected chi connectivity index (χ0v) is 11.5. The minimum Gasteiger partial charge on any atom is -0.326 e. The third-order valence-electron chi connectivity index (χ3n) is 2.98. The minimum atomic E-state index is 0.480. The van der Waals surface area contributed by atoms with Gasteiger partial charge in [0.15, 0.2) is 0 Å². The summed E-state index contributed by atoms with van der Waals surface area (Å²) in [4.78, 5) is 0. The van der Waals surface area contributed by atoms with Crippen molar-refractivity contribution in [3.63, 3.8) is 0 Å². The van der Waals surface area contributed by atoms with Crippen molar-refractivity contribution in [3.05, 3.63) is 40.7 Å². The van der Waals surface area contributed by atoms with Gasteiger partial charge >= 0.3 is 0 Å². The molecule has 0 aliphatic heterocycles. The molecule has 0 saturated heterocycles. The van der Waals surface area contributed by atoms with Crippen LogP contribution in [0.2, 0.25) is 5.02 Å². The van der Waals surface area contributed by atoms with Crippen molar-refractivity contribution in [1.82, 2.24) is 9.78 Å². The highest BCUT2D eigenvalue weighted by atomic mass is 35.5. The van der Waals surface area contributed by atoms with Crippen molar-refractivity contribution >= 4 is 11.6 Å². The Hall–Kier alpha value is -1.32. The number of nitrogens with two attached hydrogens (primary N) is 1. The van der Waals surface area contributed by atoms with Gasteiger partial charge in [-0.3, -0.25) is 4.68 Å². The summed E-state index contributed by atoms with van der Waals surface area (Å²) in [7, 11) is 0. The van der Waals surface area contributed by atoms with E-state index < -0.39 is 0 Å². The topological polar surface area (TPSA) is 43.8 Å². The first-order chi connectivity index (χ1) is 8.65. The molecule has 0 amide bonds. The fraction of sp³-hybridized carbons (Fsp3) is 0.357. The normalized spacial score (nSPS) is 10.9. The van der Waals surface area contributed by atoms with Gasteiger partial charge in [0, 0.05) is 29.9 Å². The van der Waals surface area contributed by atoms with Crippen LogP contribution in [0.3, 0.4) is 0 Å². The Bertz CT molecular complexity index is 546. The first-order valence-electron chi connectivity index (χ1n) is 6.18. The molecule has 1 aromatic heterocycles. The number of hydrogen-bond acceptors (Lipinski definition) is 2. The molecule has 0 saturated carbocycles. The van der Waals surface area contributed by atoms with E-state index in [0.717, 1.165) is 40.4 Å². The summed E-state index contributed by atoms with van der Waals surface area (Å²) in [6, 6.07) is 5.84. The molecular formula is C14H18ClN3. The number of aryl methyl sites for hydroxylation is 2. The highest BCUT2D eigenvalue weighted by Gasteiger charge is 2.11. The predicted molar refractivity (Wildman–Crippen MR) is 75.6 cm³/mol. The van der Waals surface area contributed by atoms with Gasteiger partial charge in [-0.25, -0.2) is 0 Å². The largest absolute Gasteiger partial charge is 0.326 e. The Morgan fingerprint density at radius 2 is 2.11 bits per heavy atom. The summed E-state index contributed by atoms with van der Waals surface area (Å²) in [5.74, 6) is 0. The molecule has 1 heterocycles. The molecule has 0 aliphatic rings. The van der Waals surface area contributed by atoms with Crippen LogP contribution in [-0.2, 0) is 13.1 Å². The maximum Gasteiger partial charge on any atom is 0.0672 e. The Labute approximate surface area is 113 Å². The number of benzene rings is 1. The predicted octanol–water partition coefficient (Wildman–Crippen LogP) is 3.38. The van der Waals surface area contributed by atoms with Crippen LogP contribution in [-0.4, -0.2) is 9.78 Å². The average molecular weight is 264 g/mol. The van der Waals surface area contributed by atoms with Gasteiger partial charge in [0.05, 0.1) is 5.69 Å². The molecule has 1 aromatic carbocycles. The Kier molecular flexibility index (Phi) is 4.04. The third-order valence-corrected chi connectivity index (χ3v) is 3.21. The first kappa shape index (κ1) is 13.1. The summed E-state index contributed by atoms with van der Waals surface area (Å²) in [5, 5.41) is 5.24. The van der Waals surface area contributed by atoms with Crippen LogP contribution in [0, 0.1) is 6.92 Å². The van der Waals surface area contributed by atoms with E-state index in [1.54, 1.807) is 0 Å². The molecule has 0 aliphatic carbocycles. The van der Waals surface area contributed by atoms with E-state index in [1.807, 2.05) is 29.8 Å². The molecule has 0 atom stereocenters. The van der Waals surface area contributed by atoms with E-state index in [-0.39, 0.29) is 0 Å². The molecule has 0 radical (unpaired) electrons. The van der Waals surface area contributed by atoms with Gasteiger partial charge in [0.25, 0.3) is 0 Å². The Morgan fingerprint density at radius 1 is 1.33 bits per heavy atom. The van der Waals surface area contributed by atoms with Crippen molar-refractivity contribution in [2.45, 2.75) is 33.4 Å². The van der Waals surface area contributed by atoms with Crippen LogP contribution >= 0.6 is 11.6 Å². The molecular weight excluding hydrogens is 246 g/mol. The van der Waals surface area contributed by atoms with Crippen LogP contribution < -0.4 is 5.73 Å². The maximum atomic E-state index is 6.00. The Balaban J connectivity index is 2.47. The standard InChI is InChI=1S/C14H18ClN3/c1-3-6-18-9-14(10(2)17-18)13-5-4-12(15)7-11(13)8-16/h4-5,7,9H,3,6,8,16H2,1-2H3. The van der Waals surface area contributed by atoms with Gasteiger partial charge in [-0.05, 0) is 36.6 Å². The minimum absolute atomic E-state index is 0.480. The second-order valence-electron chi connectivity index (χ2n) is 4.40. The highest BCUT2D eigenvalue weighted by Crippen LogP contribution is 2.28. The molecule has 0 unspecified atom stereocenters. The number of rotatable bonds is 4. The quantitative estimate of drug-likeness (QED) is 0.919. The molecule has 2 aromatic rings. The molecule has 2 N–H and O–H groups in total. The lowest BCUT2D eigenvalue weighted by Gasteiger charge is -2.07. The number of nitrogens with zero attached hydrogens (tertiary/aromatic N) is 2. The molecule has 4 heteroatoms. The number of aromatic nitrogens is 2. The van der Waals surface area contributed by atoms with Gasteiger partial charge in [-0.2, -0.15) is 5.10 Å². The summed E-state index contributed by atoms with van der Waals surface area (Å²) in [6.45, 7) is 5.58. The van der Waals surface area contributed by atoms with Gasteiger partial charge in [0.1, 0.15) is 0 Å². The lowest BCUT2D eigenvalue weighted by Crippen LogP contribution is -1.99. The molecule has 18 heavy (non-hydrogen) atoms. The summed E-state index contributed by atoms with van der Waals surface area (Å²) in [6.07, 6.45) is 3.16. The summed E-state index contributed by atoms with van der Waals surface area (Å²) < 4.78 is 1.99. The lowest BCUT2D eigenvalue weighted by atomic mass is 10.0. The van der Waals surface area contributed by atoms with Crippen LogP contribution in [0.15, 0.2) is 24.4 Å². The van der Waals surface area contributed by atoms with Gasteiger partial charge in [-0.1, -0.05) is 24.6 Å². The average Bonchev–Trinajstić information content (AvgIpc) is 2.70. The smallest absolute Gasteiger partial charge is 0.0672 e. The number of halogens is 1. The lowest BCUT2D eigenvalue weighted by molar-refractivity contribution is 0.598. The van der Waals surface area contributed by atoms with Crippen LogP contribution in [0.25, 0.3) is 11.1 Å². The number of hydrogen-bond donors (Lipinski definition) is 1. The van der Waals surface area contributed by atoms with Gasteiger partial charge in [-0.15, -0.1) is 0 Å². The monoisotopic (exact) mass is 263 g/mol. The van der Waals surface area contributed by atoms with Crippen LogP contribution in [0.4, 0.5) is 0 Å². The van der Waals surface area contributed by atoms with Gasteiger partial charge in [0.2, 0.25) is 0 Å². The molecule has 96 valence electrons. The van der Waals surface area contributed by atoms with Crippen molar-refractivity contribution < 1.29 is 0 Å². The molecule has 0 bridgehead atoms. The van der Waals surface area contributed by atoms with Crippen LogP contribution in [0.1, 0.15) is 24.6 Å². The van der Waals surface area contributed by atoms with E-state index in [4.69, 9.17) is 17.3 Å². The molecule has 2 rings (SSSR count). The van der Waals surface area contributed by atoms with Crippen molar-refractivity contribution in [2.75, 3.05) is 0 Å². The summed E-state index contributed by atoms with van der Waals surface area (Å²) >= 11 is 6.00. The molecule has 3 nitrogen and oxygen atoms in total. The third kappa shape index (κ3) is 2.57. The van der Waals surface area contributed by atoms with Gasteiger partial charge < -0.3 is 5.73 Å². The second-order valence-corrected chi connectivity index (χ2v) is 4.83. The van der Waals surface area contributed by atoms with Crippen molar-refractivity contribution in [1.29, 1.82) is 0 Å². The fourth-order valence-corrected chi connectivity index (χ4v) is 2.31. The van der Waals surface area contributed by atoms with E-state index in [9.17, 15) is 0 Å². The van der Waals surface area contributed by atoms with E-state index in [1.165, 1.54) is 0 Å². The maximum absolute atomic E-state index is 6.00. The second kappa shape index (κ2) is 5.55. The first-order valence-corrected chi connectivity index (χ1v) is 6.56. The molecule has 0 fully saturated rings. The molecule has 0 spiro atoms. The van der Waals surface area contributed by atoms with Crippen molar-refractivity contribution in [3.8, 4) is 11.1 Å². The zero-order valence-electron chi connectivity index (χ0n) is 10.8. The fourth-order valence-electron chi connectivity index (χ4n) is 2.12. The van der Waals surface area contributed by atoms with E-state index >= 15 is 0 Å². The van der Waals surface area contributed by atoms with E-state index in [0.29, 0.717) is 6.54 Å². The van der Waals surface area contributed by atoms with Crippen LogP contribution in [0.5, 0.6) is 0 Å². The van der Waals surface area contributed by atoms with Crippen molar-refractivity contribution in [2.24, 2.45) is 5.73 Å². The van der Waals surface area contributed by atoms with E-state index in [2.05, 4.69) is 18.2 Å². The SMILES string of the molecule is CCCn1cc(-c2ccc(Cl)cc2CN)c(C)n1. The zero-order chi connectivity index (χ0) is 13.1. The Morgan fingerprint density at radius 3 is 2.78 bits per heavy atom. The highest BCUT2D eigenvalue weighted by molar-refractivity contribution is 6.30. The summed E-state index contributed by atoms with van der Waals surface area (Å²) in [5.41, 5.74) is 10.1.